The fourth-order valence-corrected chi connectivity index (χ4v) is 3.29. The Hall–Kier alpha value is -1.30. The molecule has 1 aliphatic rings. The first kappa shape index (κ1) is 15.1. The summed E-state index contributed by atoms with van der Waals surface area (Å²) in [6.07, 6.45) is 7.93. The highest BCUT2D eigenvalue weighted by atomic mass is 32.2. The van der Waals surface area contributed by atoms with Gasteiger partial charge >= 0.3 is 0 Å². The third-order valence-corrected chi connectivity index (χ3v) is 4.60. The molecule has 6 heteroatoms. The van der Waals surface area contributed by atoms with Crippen LogP contribution in [0, 0.1) is 0 Å². The molecule has 2 rings (SSSR count). The minimum absolute atomic E-state index is 0.134. The van der Waals surface area contributed by atoms with Crippen LogP contribution in [0.2, 0.25) is 0 Å². The first-order valence-corrected chi connectivity index (χ1v) is 8.30. The van der Waals surface area contributed by atoms with Crippen LogP contribution in [-0.4, -0.2) is 40.0 Å². The van der Waals surface area contributed by atoms with Gasteiger partial charge < -0.3 is 10.6 Å². The van der Waals surface area contributed by atoms with Gasteiger partial charge in [-0.05, 0) is 25.0 Å². The number of hydrogen-bond acceptors (Lipinski definition) is 5. The van der Waals surface area contributed by atoms with Crippen molar-refractivity contribution in [3.05, 3.63) is 18.1 Å². The second-order valence-electron chi connectivity index (χ2n) is 4.91. The van der Waals surface area contributed by atoms with Gasteiger partial charge in [-0.1, -0.05) is 13.3 Å². The molecular weight excluding hydrogens is 272 g/mol. The molecule has 0 spiro atoms. The van der Waals surface area contributed by atoms with Crippen molar-refractivity contribution in [2.75, 3.05) is 24.2 Å². The SMILES string of the molecule is CCCNc1cnc(C(=O)NCC2CCCCS2)cn1. The van der Waals surface area contributed by atoms with E-state index in [4.69, 9.17) is 0 Å². The third kappa shape index (κ3) is 4.67. The van der Waals surface area contributed by atoms with Crippen molar-refractivity contribution in [2.24, 2.45) is 0 Å². The van der Waals surface area contributed by atoms with Crippen LogP contribution in [0.15, 0.2) is 12.4 Å². The number of rotatable bonds is 6. The van der Waals surface area contributed by atoms with Crippen molar-refractivity contribution in [1.29, 1.82) is 0 Å². The molecule has 1 amide bonds. The minimum atomic E-state index is -0.134. The van der Waals surface area contributed by atoms with Crippen LogP contribution in [0.4, 0.5) is 5.82 Å². The maximum Gasteiger partial charge on any atom is 0.271 e. The number of aromatic nitrogens is 2. The summed E-state index contributed by atoms with van der Waals surface area (Å²) in [6, 6.07) is 0. The normalized spacial score (nSPS) is 18.6. The summed E-state index contributed by atoms with van der Waals surface area (Å²) in [5.41, 5.74) is 0.382. The van der Waals surface area contributed by atoms with Crippen molar-refractivity contribution in [3.8, 4) is 0 Å². The van der Waals surface area contributed by atoms with E-state index in [9.17, 15) is 4.79 Å². The Morgan fingerprint density at radius 1 is 1.40 bits per heavy atom. The number of carbonyl (C=O) groups is 1. The molecule has 1 atom stereocenters. The van der Waals surface area contributed by atoms with Gasteiger partial charge in [-0.25, -0.2) is 9.97 Å². The maximum absolute atomic E-state index is 12.0. The van der Waals surface area contributed by atoms with E-state index in [0.29, 0.717) is 16.8 Å². The highest BCUT2D eigenvalue weighted by Crippen LogP contribution is 2.24. The van der Waals surface area contributed by atoms with Gasteiger partial charge in [0.05, 0.1) is 12.4 Å². The Morgan fingerprint density at radius 3 is 2.95 bits per heavy atom. The molecule has 1 aromatic rings. The van der Waals surface area contributed by atoms with Crippen LogP contribution in [-0.2, 0) is 0 Å². The molecule has 0 saturated carbocycles. The van der Waals surface area contributed by atoms with Crippen molar-refractivity contribution < 1.29 is 4.79 Å². The zero-order valence-corrected chi connectivity index (χ0v) is 12.7. The summed E-state index contributed by atoms with van der Waals surface area (Å²) in [5, 5.41) is 6.63. The molecular formula is C14H22N4OS. The summed E-state index contributed by atoms with van der Waals surface area (Å²) in [4.78, 5) is 20.3. The van der Waals surface area contributed by atoms with Gasteiger partial charge in [0, 0.05) is 18.3 Å². The van der Waals surface area contributed by atoms with Crippen LogP contribution in [0.5, 0.6) is 0 Å². The summed E-state index contributed by atoms with van der Waals surface area (Å²) in [7, 11) is 0. The van der Waals surface area contributed by atoms with Crippen molar-refractivity contribution in [1.82, 2.24) is 15.3 Å². The Balaban J connectivity index is 1.79. The molecule has 1 aliphatic heterocycles. The first-order valence-electron chi connectivity index (χ1n) is 7.25. The molecule has 0 aliphatic carbocycles. The number of thioether (sulfide) groups is 1. The van der Waals surface area contributed by atoms with Gasteiger partial charge in [0.1, 0.15) is 11.5 Å². The van der Waals surface area contributed by atoms with E-state index in [1.807, 2.05) is 11.8 Å². The predicted molar refractivity (Wildman–Crippen MR) is 83.2 cm³/mol. The van der Waals surface area contributed by atoms with E-state index in [1.54, 1.807) is 6.20 Å². The second kappa shape index (κ2) is 8.09. The fraction of sp³-hybridized carbons (Fsp3) is 0.643. The molecule has 0 aromatic carbocycles. The average Bonchev–Trinajstić information content (AvgIpc) is 2.52. The van der Waals surface area contributed by atoms with Crippen LogP contribution in [0.1, 0.15) is 43.1 Å². The lowest BCUT2D eigenvalue weighted by molar-refractivity contribution is 0.0948. The topological polar surface area (TPSA) is 66.9 Å². The van der Waals surface area contributed by atoms with E-state index in [1.165, 1.54) is 31.2 Å². The Morgan fingerprint density at radius 2 is 2.30 bits per heavy atom. The summed E-state index contributed by atoms with van der Waals surface area (Å²) >= 11 is 1.95. The molecule has 20 heavy (non-hydrogen) atoms. The standard InChI is InChI=1S/C14H22N4OS/c1-2-6-15-13-10-16-12(9-17-13)14(19)18-8-11-5-3-4-7-20-11/h9-11H,2-8H2,1H3,(H,15,17)(H,18,19). The molecule has 0 bridgehead atoms. The summed E-state index contributed by atoms with van der Waals surface area (Å²) in [5.74, 6) is 1.79. The molecule has 0 radical (unpaired) electrons. The Labute approximate surface area is 124 Å². The number of anilines is 1. The smallest absolute Gasteiger partial charge is 0.271 e. The van der Waals surface area contributed by atoms with Crippen molar-refractivity contribution >= 4 is 23.5 Å². The number of carbonyl (C=O) groups excluding carboxylic acids is 1. The highest BCUT2D eigenvalue weighted by Gasteiger charge is 2.15. The molecule has 1 unspecified atom stereocenters. The summed E-state index contributed by atoms with van der Waals surface area (Å²) < 4.78 is 0. The zero-order valence-electron chi connectivity index (χ0n) is 11.9. The molecule has 2 heterocycles. The third-order valence-electron chi connectivity index (χ3n) is 3.20. The average molecular weight is 294 g/mol. The van der Waals surface area contributed by atoms with E-state index < -0.39 is 0 Å². The molecule has 1 aromatic heterocycles. The van der Waals surface area contributed by atoms with Crippen LogP contribution in [0.25, 0.3) is 0 Å². The second-order valence-corrected chi connectivity index (χ2v) is 6.32. The van der Waals surface area contributed by atoms with Crippen LogP contribution in [0.3, 0.4) is 0 Å². The lowest BCUT2D eigenvalue weighted by Crippen LogP contribution is -2.32. The zero-order chi connectivity index (χ0) is 14.2. The Bertz CT molecular complexity index is 418. The fourth-order valence-electron chi connectivity index (χ4n) is 2.06. The monoisotopic (exact) mass is 294 g/mol. The van der Waals surface area contributed by atoms with E-state index >= 15 is 0 Å². The van der Waals surface area contributed by atoms with E-state index in [-0.39, 0.29) is 5.91 Å². The van der Waals surface area contributed by atoms with E-state index in [0.717, 1.165) is 19.5 Å². The highest BCUT2D eigenvalue weighted by molar-refractivity contribution is 7.99. The molecule has 2 N–H and O–H groups in total. The maximum atomic E-state index is 12.0. The quantitative estimate of drug-likeness (QED) is 0.843. The minimum Gasteiger partial charge on any atom is -0.369 e. The lowest BCUT2D eigenvalue weighted by atomic mass is 10.2. The number of nitrogens with zero attached hydrogens (tertiary/aromatic N) is 2. The largest absolute Gasteiger partial charge is 0.369 e. The first-order chi connectivity index (χ1) is 9.79. The number of amides is 1. The van der Waals surface area contributed by atoms with Crippen molar-refractivity contribution in [3.63, 3.8) is 0 Å². The van der Waals surface area contributed by atoms with Gasteiger partial charge in [-0.15, -0.1) is 0 Å². The van der Waals surface area contributed by atoms with Gasteiger partial charge in [-0.2, -0.15) is 11.8 Å². The Kier molecular flexibility index (Phi) is 6.11. The van der Waals surface area contributed by atoms with Crippen LogP contribution < -0.4 is 10.6 Å². The van der Waals surface area contributed by atoms with Gasteiger partial charge in [0.25, 0.3) is 5.91 Å². The number of nitrogens with one attached hydrogen (secondary N) is 2. The molecule has 1 fully saturated rings. The number of hydrogen-bond donors (Lipinski definition) is 2. The molecule has 110 valence electrons. The van der Waals surface area contributed by atoms with Gasteiger partial charge in [0.2, 0.25) is 0 Å². The van der Waals surface area contributed by atoms with Gasteiger partial charge in [-0.3, -0.25) is 4.79 Å². The molecule has 5 nitrogen and oxygen atoms in total. The lowest BCUT2D eigenvalue weighted by Gasteiger charge is -2.21. The predicted octanol–water partition coefficient (Wildman–Crippen LogP) is 2.31. The molecule has 1 saturated heterocycles. The van der Waals surface area contributed by atoms with E-state index in [2.05, 4.69) is 27.5 Å². The summed E-state index contributed by atoms with van der Waals surface area (Å²) in [6.45, 7) is 3.67. The van der Waals surface area contributed by atoms with Crippen molar-refractivity contribution in [2.45, 2.75) is 37.9 Å². The van der Waals surface area contributed by atoms with Crippen LogP contribution >= 0.6 is 11.8 Å². The van der Waals surface area contributed by atoms with Gasteiger partial charge in [0.15, 0.2) is 0 Å².